The lowest BCUT2D eigenvalue weighted by Gasteiger charge is -2.36. The molecule has 4 heteroatoms. The van der Waals surface area contributed by atoms with Crippen molar-refractivity contribution < 1.29 is 14.3 Å². The Balaban J connectivity index is 2.29. The third-order valence-electron chi connectivity index (χ3n) is 4.18. The van der Waals surface area contributed by atoms with Crippen LogP contribution >= 0.6 is 0 Å². The number of allylic oxidation sites excluding steroid dienone is 1. The van der Waals surface area contributed by atoms with Crippen LogP contribution in [0.1, 0.15) is 34.1 Å². The predicted molar refractivity (Wildman–Crippen MR) is 86.4 cm³/mol. The van der Waals surface area contributed by atoms with Gasteiger partial charge in [0.2, 0.25) is 0 Å². The summed E-state index contributed by atoms with van der Waals surface area (Å²) in [5, 5.41) is 9.42. The minimum Gasteiger partial charge on any atom is -0.414 e. The van der Waals surface area contributed by atoms with Gasteiger partial charge in [-0.25, -0.2) is 0 Å². The Morgan fingerprint density at radius 1 is 1.40 bits per heavy atom. The van der Waals surface area contributed by atoms with E-state index in [-0.39, 0.29) is 17.2 Å². The normalized spacial score (nSPS) is 24.9. The van der Waals surface area contributed by atoms with Crippen LogP contribution in [0.15, 0.2) is 24.3 Å². The van der Waals surface area contributed by atoms with Crippen LogP contribution < -0.4 is 0 Å². The van der Waals surface area contributed by atoms with E-state index in [4.69, 9.17) is 9.16 Å². The van der Waals surface area contributed by atoms with E-state index in [0.717, 1.165) is 12.0 Å². The van der Waals surface area contributed by atoms with Crippen LogP contribution in [0.5, 0.6) is 0 Å². The molecule has 0 aromatic carbocycles. The van der Waals surface area contributed by atoms with Crippen LogP contribution in [0.3, 0.4) is 0 Å². The monoisotopic (exact) mass is 298 g/mol. The number of hydrogen-bond acceptors (Lipinski definition) is 3. The van der Waals surface area contributed by atoms with E-state index in [2.05, 4.69) is 40.4 Å². The van der Waals surface area contributed by atoms with E-state index in [1.807, 2.05) is 6.08 Å². The van der Waals surface area contributed by atoms with E-state index in [9.17, 15) is 5.11 Å². The van der Waals surface area contributed by atoms with Crippen molar-refractivity contribution in [1.29, 1.82) is 0 Å². The third kappa shape index (κ3) is 5.52. The molecule has 3 nitrogen and oxygen atoms in total. The first-order valence-electron chi connectivity index (χ1n) is 7.36. The fraction of sp³-hybridized carbons (Fsp3) is 0.750. The highest BCUT2D eigenvalue weighted by atomic mass is 28.4. The first-order chi connectivity index (χ1) is 9.03. The summed E-state index contributed by atoms with van der Waals surface area (Å²) in [5.41, 5.74) is 0.991. The molecule has 20 heavy (non-hydrogen) atoms. The Labute approximate surface area is 124 Å². The second kappa shape index (κ2) is 6.56. The SMILES string of the molecule is C=C(/C=C/C(C)O)C[C@H]1O[C@@H]1CO[Si](C)(C)C(C)(C)C. The Bertz CT molecular complexity index is 366. The standard InChI is InChI=1S/C16H30O3Si/c1-12(8-9-13(2)17)10-14-15(19-14)11-18-20(6,7)16(3,4)5/h8-9,13-15,17H,1,10-11H2,2-7H3/b9-8+/t13?,14-,15-/m1/s1. The molecule has 1 saturated heterocycles. The van der Waals surface area contributed by atoms with Gasteiger partial charge in [-0.15, -0.1) is 0 Å². The van der Waals surface area contributed by atoms with Crippen molar-refractivity contribution in [2.75, 3.05) is 6.61 Å². The van der Waals surface area contributed by atoms with Gasteiger partial charge in [-0.2, -0.15) is 0 Å². The molecule has 0 spiro atoms. The molecule has 1 unspecified atom stereocenters. The highest BCUT2D eigenvalue weighted by molar-refractivity contribution is 6.74. The van der Waals surface area contributed by atoms with Crippen molar-refractivity contribution >= 4 is 8.32 Å². The molecule has 0 bridgehead atoms. The maximum Gasteiger partial charge on any atom is 0.192 e. The van der Waals surface area contributed by atoms with Crippen LogP contribution in [-0.4, -0.2) is 38.3 Å². The molecule has 0 radical (unpaired) electrons. The molecule has 1 aliphatic heterocycles. The molecule has 1 heterocycles. The van der Waals surface area contributed by atoms with Gasteiger partial charge in [-0.1, -0.05) is 45.1 Å². The van der Waals surface area contributed by atoms with E-state index in [1.54, 1.807) is 13.0 Å². The molecule has 1 N–H and O–H groups in total. The molecule has 0 aliphatic carbocycles. The zero-order valence-electron chi connectivity index (χ0n) is 13.8. The lowest BCUT2D eigenvalue weighted by Crippen LogP contribution is -2.41. The van der Waals surface area contributed by atoms with E-state index < -0.39 is 14.4 Å². The summed E-state index contributed by atoms with van der Waals surface area (Å²) < 4.78 is 11.8. The summed E-state index contributed by atoms with van der Waals surface area (Å²) >= 11 is 0. The van der Waals surface area contributed by atoms with Crippen LogP contribution in [0.4, 0.5) is 0 Å². The summed E-state index contributed by atoms with van der Waals surface area (Å²) in [6, 6.07) is 0. The maximum absolute atomic E-state index is 9.18. The van der Waals surface area contributed by atoms with Gasteiger partial charge >= 0.3 is 0 Å². The highest BCUT2D eigenvalue weighted by Crippen LogP contribution is 2.38. The molecule has 3 atom stereocenters. The third-order valence-corrected chi connectivity index (χ3v) is 8.68. The second-order valence-corrected chi connectivity index (χ2v) is 12.1. The molecule has 1 aliphatic rings. The average molecular weight is 298 g/mol. The Morgan fingerprint density at radius 2 is 2.00 bits per heavy atom. The lowest BCUT2D eigenvalue weighted by atomic mass is 10.1. The van der Waals surface area contributed by atoms with Gasteiger partial charge in [0.25, 0.3) is 0 Å². The van der Waals surface area contributed by atoms with Gasteiger partial charge < -0.3 is 14.3 Å². The number of hydrogen-bond donors (Lipinski definition) is 1. The molecular formula is C16H30O3Si. The fourth-order valence-corrected chi connectivity index (χ4v) is 2.63. The smallest absolute Gasteiger partial charge is 0.192 e. The van der Waals surface area contributed by atoms with Gasteiger partial charge in [0.05, 0.1) is 18.8 Å². The molecule has 116 valence electrons. The predicted octanol–water partition coefficient (Wildman–Crippen LogP) is 3.66. The van der Waals surface area contributed by atoms with Gasteiger partial charge in [-0.05, 0) is 25.1 Å². The van der Waals surface area contributed by atoms with Gasteiger partial charge in [0.1, 0.15) is 6.10 Å². The van der Waals surface area contributed by atoms with Gasteiger partial charge in [0, 0.05) is 6.42 Å². The molecule has 0 aromatic heterocycles. The van der Waals surface area contributed by atoms with Crippen molar-refractivity contribution in [2.45, 2.75) is 70.6 Å². The summed E-state index contributed by atoms with van der Waals surface area (Å²) in [4.78, 5) is 0. The molecule has 0 aromatic rings. The first kappa shape index (κ1) is 17.6. The van der Waals surface area contributed by atoms with Gasteiger partial charge in [0.15, 0.2) is 8.32 Å². The molecule has 1 fully saturated rings. The Hall–Kier alpha value is -0.423. The van der Waals surface area contributed by atoms with Crippen molar-refractivity contribution in [3.63, 3.8) is 0 Å². The number of epoxide rings is 1. The van der Waals surface area contributed by atoms with Gasteiger partial charge in [-0.3, -0.25) is 0 Å². The lowest BCUT2D eigenvalue weighted by molar-refractivity contribution is 0.241. The summed E-state index contributed by atoms with van der Waals surface area (Å²) in [6.07, 6.45) is 4.44. The van der Waals surface area contributed by atoms with Crippen molar-refractivity contribution in [1.82, 2.24) is 0 Å². The number of aliphatic hydroxyl groups excluding tert-OH is 1. The largest absolute Gasteiger partial charge is 0.414 e. The van der Waals surface area contributed by atoms with E-state index in [1.165, 1.54) is 0 Å². The molecule has 0 saturated carbocycles. The van der Waals surface area contributed by atoms with Crippen molar-refractivity contribution in [2.24, 2.45) is 0 Å². The first-order valence-corrected chi connectivity index (χ1v) is 10.3. The molecule has 0 amide bonds. The fourth-order valence-electron chi connectivity index (χ4n) is 1.61. The highest BCUT2D eigenvalue weighted by Gasteiger charge is 2.43. The number of aliphatic hydroxyl groups is 1. The van der Waals surface area contributed by atoms with Crippen LogP contribution in [0.25, 0.3) is 0 Å². The number of ether oxygens (including phenoxy) is 1. The topological polar surface area (TPSA) is 42.0 Å². The second-order valence-electron chi connectivity index (χ2n) is 7.25. The molecular weight excluding hydrogens is 268 g/mol. The Morgan fingerprint density at radius 3 is 2.50 bits per heavy atom. The summed E-state index contributed by atoms with van der Waals surface area (Å²) in [6.45, 7) is 17.6. The van der Waals surface area contributed by atoms with E-state index in [0.29, 0.717) is 6.61 Å². The Kier molecular flexibility index (Phi) is 5.78. The van der Waals surface area contributed by atoms with Crippen LogP contribution in [0, 0.1) is 0 Å². The minimum absolute atomic E-state index is 0.209. The zero-order chi connectivity index (χ0) is 15.6. The summed E-state index contributed by atoms with van der Waals surface area (Å²) in [5.74, 6) is 0. The van der Waals surface area contributed by atoms with Crippen molar-refractivity contribution in [3.05, 3.63) is 24.3 Å². The van der Waals surface area contributed by atoms with Crippen molar-refractivity contribution in [3.8, 4) is 0 Å². The van der Waals surface area contributed by atoms with Crippen LogP contribution in [-0.2, 0) is 9.16 Å². The number of rotatable bonds is 7. The minimum atomic E-state index is -1.68. The quantitative estimate of drug-likeness (QED) is 0.443. The van der Waals surface area contributed by atoms with E-state index >= 15 is 0 Å². The maximum atomic E-state index is 9.18. The summed E-state index contributed by atoms with van der Waals surface area (Å²) in [7, 11) is -1.68. The van der Waals surface area contributed by atoms with Crippen LogP contribution in [0.2, 0.25) is 18.1 Å². The molecule has 1 rings (SSSR count). The average Bonchev–Trinajstić information content (AvgIpc) is 3.01. The zero-order valence-corrected chi connectivity index (χ0v) is 14.8.